The lowest BCUT2D eigenvalue weighted by Crippen LogP contribution is -2.62. The molecule has 1 amide bonds. The molecule has 3 atom stereocenters. The summed E-state index contributed by atoms with van der Waals surface area (Å²) in [5.41, 5.74) is 1.33. The number of aliphatic carboxylic acids is 3. The highest BCUT2D eigenvalue weighted by Crippen LogP contribution is 2.48. The van der Waals surface area contributed by atoms with Crippen molar-refractivity contribution in [1.29, 1.82) is 0 Å². The summed E-state index contributed by atoms with van der Waals surface area (Å²) in [7, 11) is 0. The minimum atomic E-state index is -1.60. The molecule has 0 unspecified atom stereocenters. The maximum absolute atomic E-state index is 13.1. The van der Waals surface area contributed by atoms with Crippen LogP contribution in [-0.2, 0) is 25.6 Å². The van der Waals surface area contributed by atoms with E-state index in [4.69, 9.17) is 0 Å². The molecule has 8 nitrogen and oxygen atoms in total. The van der Waals surface area contributed by atoms with Gasteiger partial charge in [-0.2, -0.15) is 0 Å². The van der Waals surface area contributed by atoms with E-state index >= 15 is 0 Å². The third-order valence-electron chi connectivity index (χ3n) is 6.72. The lowest BCUT2D eigenvalue weighted by atomic mass is 9.56. The highest BCUT2D eigenvalue weighted by Gasteiger charge is 2.64. The van der Waals surface area contributed by atoms with Crippen molar-refractivity contribution in [3.05, 3.63) is 48.0 Å². The molecule has 1 aromatic rings. The van der Waals surface area contributed by atoms with Gasteiger partial charge in [-0.3, -0.25) is 19.2 Å². The van der Waals surface area contributed by atoms with Gasteiger partial charge in [-0.05, 0) is 50.0 Å². The number of unbranched alkanes of at least 4 members (excludes halogenated alkanes) is 1. The Labute approximate surface area is 206 Å². The largest absolute Gasteiger partial charge is 0.481 e. The first kappa shape index (κ1) is 28.1. The molecule has 0 bridgehead atoms. The van der Waals surface area contributed by atoms with Crippen molar-refractivity contribution in [2.75, 3.05) is 13.1 Å². The summed E-state index contributed by atoms with van der Waals surface area (Å²) in [5, 5.41) is 28.3. The number of hydrogen-bond donors (Lipinski definition) is 3. The molecule has 8 heteroatoms. The highest BCUT2D eigenvalue weighted by atomic mass is 16.4. The first-order valence-electron chi connectivity index (χ1n) is 12.4. The molecule has 0 spiro atoms. The fraction of sp³-hybridized carbons (Fsp3) is 0.556. The van der Waals surface area contributed by atoms with E-state index in [0.717, 1.165) is 25.7 Å². The fourth-order valence-corrected chi connectivity index (χ4v) is 4.89. The molecule has 35 heavy (non-hydrogen) atoms. The molecule has 0 aliphatic heterocycles. The third kappa shape index (κ3) is 7.67. The Kier molecular flexibility index (Phi) is 11.0. The molecule has 0 heterocycles. The summed E-state index contributed by atoms with van der Waals surface area (Å²) < 4.78 is 0. The smallest absolute Gasteiger partial charge is 0.308 e. The summed E-state index contributed by atoms with van der Waals surface area (Å²) in [6.07, 6.45) is 9.50. The van der Waals surface area contributed by atoms with Crippen LogP contribution in [0.3, 0.4) is 0 Å². The number of aryl methyl sites for hydroxylation is 1. The van der Waals surface area contributed by atoms with Crippen molar-refractivity contribution in [1.82, 2.24) is 4.90 Å². The van der Waals surface area contributed by atoms with Crippen LogP contribution in [0.1, 0.15) is 51.5 Å². The molecule has 0 radical (unpaired) electrons. The Morgan fingerprint density at radius 2 is 1.46 bits per heavy atom. The van der Waals surface area contributed by atoms with Crippen LogP contribution >= 0.6 is 0 Å². The van der Waals surface area contributed by atoms with Gasteiger partial charge in [-0.25, -0.2) is 0 Å². The zero-order chi connectivity index (χ0) is 26.0. The van der Waals surface area contributed by atoms with Crippen LogP contribution in [-0.4, -0.2) is 57.1 Å². The summed E-state index contributed by atoms with van der Waals surface area (Å²) in [5.74, 6) is -10.6. The third-order valence-corrected chi connectivity index (χ3v) is 6.72. The summed E-state index contributed by atoms with van der Waals surface area (Å²) in [6, 6.07) is 10.4. The van der Waals surface area contributed by atoms with Gasteiger partial charge in [-0.1, -0.05) is 56.3 Å². The SMILES string of the molecule is CCCN(CCC/C=C/[C@H](C)CCCc1ccccc1)C(=O)[C@H]1[C@H](C(=O)O)[C@H](C(=O)O)[C@H]1C(=O)O. The number of carboxylic acid groups (broad SMARTS) is 3. The van der Waals surface area contributed by atoms with Crippen molar-refractivity contribution >= 4 is 23.8 Å². The molecule has 2 rings (SSSR count). The van der Waals surface area contributed by atoms with Crippen LogP contribution in [0, 0.1) is 29.6 Å². The van der Waals surface area contributed by atoms with Gasteiger partial charge >= 0.3 is 17.9 Å². The Hall–Kier alpha value is -3.16. The lowest BCUT2D eigenvalue weighted by Gasteiger charge is -2.45. The molecule has 1 aliphatic rings. The van der Waals surface area contributed by atoms with Crippen LogP contribution in [0.25, 0.3) is 0 Å². The Morgan fingerprint density at radius 1 is 0.886 bits per heavy atom. The molecule has 1 saturated carbocycles. The quantitative estimate of drug-likeness (QED) is 0.252. The average Bonchev–Trinajstić information content (AvgIpc) is 2.77. The van der Waals surface area contributed by atoms with E-state index < -0.39 is 47.5 Å². The predicted octanol–water partition coefficient (Wildman–Crippen LogP) is 3.95. The number of allylic oxidation sites excluding steroid dienone is 2. The molecule has 1 aliphatic carbocycles. The number of amides is 1. The molecular formula is C27H37NO7. The second-order valence-electron chi connectivity index (χ2n) is 9.37. The van der Waals surface area contributed by atoms with Crippen LogP contribution in [0.5, 0.6) is 0 Å². The molecule has 0 saturated heterocycles. The highest BCUT2D eigenvalue weighted by molar-refractivity contribution is 5.98. The molecule has 1 aromatic carbocycles. The number of carbonyl (C=O) groups is 4. The van der Waals surface area contributed by atoms with E-state index in [1.165, 1.54) is 10.5 Å². The number of carbonyl (C=O) groups excluding carboxylic acids is 1. The number of rotatable bonds is 15. The monoisotopic (exact) mass is 487 g/mol. The lowest BCUT2D eigenvalue weighted by molar-refractivity contribution is -0.189. The van der Waals surface area contributed by atoms with E-state index in [2.05, 4.69) is 31.2 Å². The first-order chi connectivity index (χ1) is 16.7. The van der Waals surface area contributed by atoms with Gasteiger partial charge in [-0.15, -0.1) is 0 Å². The molecule has 3 N–H and O–H groups in total. The topological polar surface area (TPSA) is 132 Å². The molecule has 1 fully saturated rings. The molecular weight excluding hydrogens is 450 g/mol. The number of hydrogen-bond acceptors (Lipinski definition) is 4. The maximum Gasteiger partial charge on any atom is 0.308 e. The van der Waals surface area contributed by atoms with Gasteiger partial charge < -0.3 is 20.2 Å². The van der Waals surface area contributed by atoms with Crippen LogP contribution < -0.4 is 0 Å². The fourth-order valence-electron chi connectivity index (χ4n) is 4.89. The standard InChI is InChI=1S/C27H37NO7/c1-3-16-28(24(29)20-21(25(30)31)23(27(34)35)22(20)26(32)33)17-9-5-6-11-18(2)12-10-15-19-13-7-4-8-14-19/h4,6-8,11,13-14,18,20-23H,3,5,9-10,12,15-17H2,1-2H3,(H,30,31)(H,32,33)(H,34,35)/b11-6+/t18-,20-,21-,22-,23-/m0/s1. The number of benzene rings is 1. The van der Waals surface area contributed by atoms with Crippen molar-refractivity contribution in [3.8, 4) is 0 Å². The van der Waals surface area contributed by atoms with Crippen molar-refractivity contribution in [3.63, 3.8) is 0 Å². The van der Waals surface area contributed by atoms with E-state index in [1.807, 2.05) is 25.1 Å². The van der Waals surface area contributed by atoms with E-state index in [0.29, 0.717) is 31.8 Å². The number of nitrogens with zero attached hydrogens (tertiary/aromatic N) is 1. The first-order valence-corrected chi connectivity index (χ1v) is 12.4. The Balaban J connectivity index is 1.87. The van der Waals surface area contributed by atoms with Gasteiger partial charge in [0, 0.05) is 13.1 Å². The Bertz CT molecular complexity index is 876. The van der Waals surface area contributed by atoms with E-state index in [9.17, 15) is 34.5 Å². The van der Waals surface area contributed by atoms with E-state index in [-0.39, 0.29) is 0 Å². The maximum atomic E-state index is 13.1. The van der Waals surface area contributed by atoms with Crippen LogP contribution in [0.15, 0.2) is 42.5 Å². The van der Waals surface area contributed by atoms with Gasteiger partial charge in [0.1, 0.15) is 0 Å². The minimum absolute atomic E-state index is 0.366. The van der Waals surface area contributed by atoms with Crippen molar-refractivity contribution in [2.45, 2.75) is 52.4 Å². The summed E-state index contributed by atoms with van der Waals surface area (Å²) >= 11 is 0. The predicted molar refractivity (Wildman–Crippen MR) is 131 cm³/mol. The van der Waals surface area contributed by atoms with Gasteiger partial charge in [0.15, 0.2) is 0 Å². The number of carboxylic acids is 3. The Morgan fingerprint density at radius 3 is 2.00 bits per heavy atom. The molecule has 192 valence electrons. The second-order valence-corrected chi connectivity index (χ2v) is 9.37. The average molecular weight is 488 g/mol. The van der Waals surface area contributed by atoms with Crippen LogP contribution in [0.4, 0.5) is 0 Å². The van der Waals surface area contributed by atoms with E-state index in [1.54, 1.807) is 0 Å². The summed E-state index contributed by atoms with van der Waals surface area (Å²) in [6.45, 7) is 4.78. The minimum Gasteiger partial charge on any atom is -0.481 e. The zero-order valence-corrected chi connectivity index (χ0v) is 20.5. The van der Waals surface area contributed by atoms with Crippen molar-refractivity contribution in [2.24, 2.45) is 29.6 Å². The second kappa shape index (κ2) is 13.7. The van der Waals surface area contributed by atoms with Gasteiger partial charge in [0.25, 0.3) is 0 Å². The van der Waals surface area contributed by atoms with Crippen LogP contribution in [0.2, 0.25) is 0 Å². The van der Waals surface area contributed by atoms with Gasteiger partial charge in [0.05, 0.1) is 23.7 Å². The van der Waals surface area contributed by atoms with Crippen molar-refractivity contribution < 1.29 is 34.5 Å². The zero-order valence-electron chi connectivity index (χ0n) is 20.5. The normalized spacial score (nSPS) is 22.3. The summed E-state index contributed by atoms with van der Waals surface area (Å²) in [4.78, 5) is 49.3. The van der Waals surface area contributed by atoms with Gasteiger partial charge in [0.2, 0.25) is 5.91 Å². The molecule has 0 aromatic heterocycles.